The third kappa shape index (κ3) is 2.71. The molecule has 0 saturated heterocycles. The van der Waals surface area contributed by atoms with Gasteiger partial charge in [0.1, 0.15) is 6.07 Å². The van der Waals surface area contributed by atoms with E-state index in [1.165, 1.54) is 6.20 Å². The molecule has 1 aromatic rings. The van der Waals surface area contributed by atoms with Crippen molar-refractivity contribution >= 4 is 0 Å². The molecule has 1 unspecified atom stereocenters. The van der Waals surface area contributed by atoms with Gasteiger partial charge in [0.2, 0.25) is 11.7 Å². The first-order valence-electron chi connectivity index (χ1n) is 4.16. The molecule has 0 aliphatic carbocycles. The largest absolute Gasteiger partial charge is 0.475 e. The molecule has 4 nitrogen and oxygen atoms in total. The van der Waals surface area contributed by atoms with Crippen molar-refractivity contribution in [1.82, 2.24) is 9.97 Å². The predicted octanol–water partition coefficient (Wildman–Crippen LogP) is 1.53. The molecule has 0 bridgehead atoms. The van der Waals surface area contributed by atoms with Gasteiger partial charge in [0.15, 0.2) is 0 Å². The van der Waals surface area contributed by atoms with Gasteiger partial charge < -0.3 is 4.74 Å². The van der Waals surface area contributed by atoms with E-state index in [-0.39, 0.29) is 11.9 Å². The first-order valence-corrected chi connectivity index (χ1v) is 4.16. The summed E-state index contributed by atoms with van der Waals surface area (Å²) in [4.78, 5) is 7.62. The SMILES string of the molecule is CCC(C)Oc1ccnc(C#N)n1. The molecule has 1 rings (SSSR count). The molecule has 0 radical (unpaired) electrons. The number of nitriles is 1. The molecule has 1 atom stereocenters. The second-order valence-corrected chi connectivity index (χ2v) is 2.67. The first kappa shape index (κ1) is 9.46. The number of aromatic nitrogens is 2. The normalized spacial score (nSPS) is 11.8. The lowest BCUT2D eigenvalue weighted by molar-refractivity contribution is 0.208. The van der Waals surface area contributed by atoms with Crippen LogP contribution in [0.25, 0.3) is 0 Å². The molecule has 0 N–H and O–H groups in total. The summed E-state index contributed by atoms with van der Waals surface area (Å²) in [6.07, 6.45) is 2.54. The average Bonchev–Trinajstić information content (AvgIpc) is 2.18. The van der Waals surface area contributed by atoms with E-state index in [0.29, 0.717) is 5.88 Å². The smallest absolute Gasteiger partial charge is 0.235 e. The molecular formula is C9H11N3O. The van der Waals surface area contributed by atoms with Crippen molar-refractivity contribution in [3.05, 3.63) is 18.1 Å². The summed E-state index contributed by atoms with van der Waals surface area (Å²) in [5, 5.41) is 8.52. The second kappa shape index (κ2) is 4.41. The Morgan fingerprint density at radius 3 is 3.08 bits per heavy atom. The summed E-state index contributed by atoms with van der Waals surface area (Å²) in [5.41, 5.74) is 0. The zero-order chi connectivity index (χ0) is 9.68. The highest BCUT2D eigenvalue weighted by Gasteiger charge is 2.03. The van der Waals surface area contributed by atoms with Crippen LogP contribution in [0.2, 0.25) is 0 Å². The number of ether oxygens (including phenoxy) is 1. The Morgan fingerprint density at radius 1 is 1.69 bits per heavy atom. The Hall–Kier alpha value is -1.63. The zero-order valence-electron chi connectivity index (χ0n) is 7.69. The van der Waals surface area contributed by atoms with Crippen LogP contribution < -0.4 is 4.74 Å². The Kier molecular flexibility index (Phi) is 3.21. The summed E-state index contributed by atoms with van der Waals surface area (Å²) in [6.45, 7) is 3.98. The molecule has 0 spiro atoms. The summed E-state index contributed by atoms with van der Waals surface area (Å²) in [7, 11) is 0. The summed E-state index contributed by atoms with van der Waals surface area (Å²) in [5.74, 6) is 0.599. The van der Waals surface area contributed by atoms with E-state index in [1.807, 2.05) is 19.9 Å². The fourth-order valence-electron chi connectivity index (χ4n) is 0.751. The molecule has 0 aromatic carbocycles. The molecule has 0 amide bonds. The first-order chi connectivity index (χ1) is 6.26. The van der Waals surface area contributed by atoms with Crippen molar-refractivity contribution in [2.75, 3.05) is 0 Å². The van der Waals surface area contributed by atoms with Gasteiger partial charge in [-0.25, -0.2) is 4.98 Å². The van der Waals surface area contributed by atoms with E-state index < -0.39 is 0 Å². The van der Waals surface area contributed by atoms with Gasteiger partial charge in [0.05, 0.1) is 6.10 Å². The van der Waals surface area contributed by atoms with Gasteiger partial charge in [-0.05, 0) is 13.3 Å². The van der Waals surface area contributed by atoms with Crippen LogP contribution in [-0.2, 0) is 0 Å². The van der Waals surface area contributed by atoms with Crippen LogP contribution in [-0.4, -0.2) is 16.1 Å². The molecular weight excluding hydrogens is 166 g/mol. The highest BCUT2D eigenvalue weighted by atomic mass is 16.5. The van der Waals surface area contributed by atoms with Crippen LogP contribution in [0.1, 0.15) is 26.1 Å². The van der Waals surface area contributed by atoms with Crippen LogP contribution in [0.15, 0.2) is 12.3 Å². The number of hydrogen-bond donors (Lipinski definition) is 0. The number of hydrogen-bond acceptors (Lipinski definition) is 4. The molecule has 68 valence electrons. The lowest BCUT2D eigenvalue weighted by Crippen LogP contribution is -2.11. The Balaban J connectivity index is 2.73. The van der Waals surface area contributed by atoms with Crippen molar-refractivity contribution in [3.8, 4) is 11.9 Å². The topological polar surface area (TPSA) is 58.8 Å². The molecule has 0 aliphatic rings. The lowest BCUT2D eigenvalue weighted by atomic mass is 10.3. The molecule has 0 aliphatic heterocycles. The van der Waals surface area contributed by atoms with Gasteiger partial charge in [0, 0.05) is 12.3 Å². The fraction of sp³-hybridized carbons (Fsp3) is 0.444. The molecule has 0 saturated carbocycles. The van der Waals surface area contributed by atoms with Gasteiger partial charge in [0.25, 0.3) is 0 Å². The van der Waals surface area contributed by atoms with E-state index in [1.54, 1.807) is 6.07 Å². The molecule has 13 heavy (non-hydrogen) atoms. The minimum absolute atomic E-state index is 0.112. The lowest BCUT2D eigenvalue weighted by Gasteiger charge is -2.10. The van der Waals surface area contributed by atoms with Crippen molar-refractivity contribution in [2.45, 2.75) is 26.4 Å². The van der Waals surface area contributed by atoms with E-state index >= 15 is 0 Å². The van der Waals surface area contributed by atoms with Crippen LogP contribution in [0.3, 0.4) is 0 Å². The summed E-state index contributed by atoms with van der Waals surface area (Å²) in [6, 6.07) is 3.50. The maximum Gasteiger partial charge on any atom is 0.235 e. The monoisotopic (exact) mass is 177 g/mol. The highest BCUT2D eigenvalue weighted by molar-refractivity contribution is 5.16. The number of nitrogens with zero attached hydrogens (tertiary/aromatic N) is 3. The van der Waals surface area contributed by atoms with E-state index in [0.717, 1.165) is 6.42 Å². The maximum absolute atomic E-state index is 8.52. The van der Waals surface area contributed by atoms with Gasteiger partial charge >= 0.3 is 0 Å². The molecule has 0 fully saturated rings. The van der Waals surface area contributed by atoms with Crippen LogP contribution in [0, 0.1) is 11.3 Å². The van der Waals surface area contributed by atoms with E-state index in [2.05, 4.69) is 9.97 Å². The molecule has 1 heterocycles. The van der Waals surface area contributed by atoms with Crippen molar-refractivity contribution in [1.29, 1.82) is 5.26 Å². The van der Waals surface area contributed by atoms with Crippen LogP contribution in [0.4, 0.5) is 0 Å². The molecule has 1 aromatic heterocycles. The third-order valence-corrected chi connectivity index (χ3v) is 1.63. The minimum Gasteiger partial charge on any atom is -0.475 e. The fourth-order valence-corrected chi connectivity index (χ4v) is 0.751. The van der Waals surface area contributed by atoms with E-state index in [9.17, 15) is 0 Å². The van der Waals surface area contributed by atoms with Gasteiger partial charge in [-0.1, -0.05) is 6.92 Å². The number of rotatable bonds is 3. The maximum atomic E-state index is 8.52. The Bertz CT molecular complexity index is 319. The third-order valence-electron chi connectivity index (χ3n) is 1.63. The van der Waals surface area contributed by atoms with Crippen LogP contribution in [0.5, 0.6) is 5.88 Å². The predicted molar refractivity (Wildman–Crippen MR) is 47.1 cm³/mol. The second-order valence-electron chi connectivity index (χ2n) is 2.67. The summed E-state index contributed by atoms with van der Waals surface area (Å²) >= 11 is 0. The minimum atomic E-state index is 0.112. The van der Waals surface area contributed by atoms with Gasteiger partial charge in [-0.3, -0.25) is 0 Å². The average molecular weight is 177 g/mol. The van der Waals surface area contributed by atoms with Crippen molar-refractivity contribution in [2.24, 2.45) is 0 Å². The van der Waals surface area contributed by atoms with Crippen molar-refractivity contribution < 1.29 is 4.74 Å². The Labute approximate surface area is 77.2 Å². The molecule has 4 heteroatoms. The van der Waals surface area contributed by atoms with Gasteiger partial charge in [-0.2, -0.15) is 10.2 Å². The highest BCUT2D eigenvalue weighted by Crippen LogP contribution is 2.08. The standard InChI is InChI=1S/C9H11N3O/c1-3-7(2)13-9-4-5-11-8(6-10)12-9/h4-5,7H,3H2,1-2H3. The summed E-state index contributed by atoms with van der Waals surface area (Å²) < 4.78 is 5.40. The van der Waals surface area contributed by atoms with Gasteiger partial charge in [-0.15, -0.1) is 0 Å². The van der Waals surface area contributed by atoms with E-state index in [4.69, 9.17) is 10.00 Å². The zero-order valence-corrected chi connectivity index (χ0v) is 7.69. The quantitative estimate of drug-likeness (QED) is 0.702. The Morgan fingerprint density at radius 2 is 2.46 bits per heavy atom. The van der Waals surface area contributed by atoms with Crippen LogP contribution >= 0.6 is 0 Å². The van der Waals surface area contributed by atoms with Crippen molar-refractivity contribution in [3.63, 3.8) is 0 Å².